The van der Waals surface area contributed by atoms with Crippen molar-refractivity contribution in [3.63, 3.8) is 0 Å². The van der Waals surface area contributed by atoms with E-state index in [4.69, 9.17) is 16.3 Å². The second-order valence-corrected chi connectivity index (χ2v) is 6.50. The highest BCUT2D eigenvalue weighted by molar-refractivity contribution is 6.31. The molecule has 0 heterocycles. The Labute approximate surface area is 128 Å². The van der Waals surface area contributed by atoms with Crippen LogP contribution in [0.25, 0.3) is 0 Å². The molecule has 0 unspecified atom stereocenters. The van der Waals surface area contributed by atoms with Crippen molar-refractivity contribution in [1.29, 1.82) is 0 Å². The molecular weight excluding hydrogens is 270 g/mol. The first-order valence-corrected chi connectivity index (χ1v) is 7.93. The summed E-state index contributed by atoms with van der Waals surface area (Å²) in [4.78, 5) is 0. The van der Waals surface area contributed by atoms with Crippen molar-refractivity contribution in [2.45, 2.75) is 47.0 Å². The minimum atomic E-state index is 0.415. The maximum Gasteiger partial charge on any atom is 0.122 e. The topological polar surface area (TPSA) is 21.3 Å². The van der Waals surface area contributed by atoms with Gasteiger partial charge in [-0.15, -0.1) is 0 Å². The molecule has 0 bridgehead atoms. The maximum absolute atomic E-state index is 6.26. The summed E-state index contributed by atoms with van der Waals surface area (Å²) in [5, 5.41) is 4.26. The molecule has 0 radical (unpaired) electrons. The van der Waals surface area contributed by atoms with Gasteiger partial charge >= 0.3 is 0 Å². The summed E-state index contributed by atoms with van der Waals surface area (Å²) < 4.78 is 5.89. The molecule has 3 heteroatoms. The molecular formula is C17H28ClNO. The number of benzene rings is 1. The minimum Gasteiger partial charge on any atom is -0.493 e. The van der Waals surface area contributed by atoms with Crippen LogP contribution in [-0.4, -0.2) is 19.7 Å². The molecule has 0 amide bonds. The Morgan fingerprint density at radius 3 is 2.50 bits per heavy atom. The van der Waals surface area contributed by atoms with Crippen LogP contribution in [0, 0.1) is 12.8 Å². The summed E-state index contributed by atoms with van der Waals surface area (Å²) >= 11 is 6.26. The first-order chi connectivity index (χ1) is 9.41. The molecule has 0 aliphatic heterocycles. The first-order valence-electron chi connectivity index (χ1n) is 7.55. The molecule has 0 saturated carbocycles. The van der Waals surface area contributed by atoms with Crippen LogP contribution >= 0.6 is 11.6 Å². The van der Waals surface area contributed by atoms with E-state index in [0.717, 1.165) is 48.0 Å². The van der Waals surface area contributed by atoms with Crippen LogP contribution < -0.4 is 10.1 Å². The van der Waals surface area contributed by atoms with Gasteiger partial charge in [0.2, 0.25) is 0 Å². The molecule has 0 saturated heterocycles. The highest BCUT2D eigenvalue weighted by Gasteiger charge is 2.09. The van der Waals surface area contributed by atoms with Gasteiger partial charge in [-0.05, 0) is 61.5 Å². The molecule has 1 rings (SSSR count). The van der Waals surface area contributed by atoms with Crippen molar-refractivity contribution in [1.82, 2.24) is 5.32 Å². The quantitative estimate of drug-likeness (QED) is 0.697. The molecule has 0 aliphatic rings. The smallest absolute Gasteiger partial charge is 0.122 e. The summed E-state index contributed by atoms with van der Waals surface area (Å²) in [6.45, 7) is 13.6. The van der Waals surface area contributed by atoms with Crippen molar-refractivity contribution in [2.24, 2.45) is 5.92 Å². The summed E-state index contributed by atoms with van der Waals surface area (Å²) in [7, 11) is 0. The SMILES string of the molecule is Cc1cc(Cl)c(C(C)C)cc1OCCCNCC(C)C. The predicted molar refractivity (Wildman–Crippen MR) is 88.1 cm³/mol. The highest BCUT2D eigenvalue weighted by Crippen LogP contribution is 2.31. The summed E-state index contributed by atoms with van der Waals surface area (Å²) in [5.41, 5.74) is 2.26. The van der Waals surface area contributed by atoms with Gasteiger partial charge in [-0.3, -0.25) is 0 Å². The molecule has 0 atom stereocenters. The standard InChI is InChI=1S/C17H28ClNO/c1-12(2)11-19-7-6-8-20-17-10-15(13(3)4)16(18)9-14(17)5/h9-10,12-13,19H,6-8,11H2,1-5H3. The van der Waals surface area contributed by atoms with E-state index in [1.165, 1.54) is 0 Å². The maximum atomic E-state index is 6.26. The van der Waals surface area contributed by atoms with Crippen molar-refractivity contribution in [2.75, 3.05) is 19.7 Å². The zero-order chi connectivity index (χ0) is 15.1. The van der Waals surface area contributed by atoms with Gasteiger partial charge in [-0.1, -0.05) is 39.3 Å². The molecule has 1 aromatic rings. The second-order valence-electron chi connectivity index (χ2n) is 6.09. The normalized spacial score (nSPS) is 11.4. The van der Waals surface area contributed by atoms with Gasteiger partial charge in [0.1, 0.15) is 5.75 Å². The monoisotopic (exact) mass is 297 g/mol. The molecule has 2 nitrogen and oxygen atoms in total. The van der Waals surface area contributed by atoms with E-state index in [1.807, 2.05) is 13.0 Å². The molecule has 1 aromatic carbocycles. The third-order valence-electron chi connectivity index (χ3n) is 3.22. The van der Waals surface area contributed by atoms with Crippen LogP contribution in [0.4, 0.5) is 0 Å². The van der Waals surface area contributed by atoms with E-state index in [0.29, 0.717) is 11.8 Å². The summed E-state index contributed by atoms with van der Waals surface area (Å²) in [6.07, 6.45) is 1.02. The third-order valence-corrected chi connectivity index (χ3v) is 3.55. The van der Waals surface area contributed by atoms with Crippen LogP contribution in [-0.2, 0) is 0 Å². The Bertz CT molecular complexity index is 416. The average Bonchev–Trinajstić information content (AvgIpc) is 2.34. The Morgan fingerprint density at radius 2 is 1.90 bits per heavy atom. The fourth-order valence-corrected chi connectivity index (χ4v) is 2.47. The van der Waals surface area contributed by atoms with E-state index in [2.05, 4.69) is 39.1 Å². The number of hydrogen-bond acceptors (Lipinski definition) is 2. The average molecular weight is 298 g/mol. The molecule has 1 N–H and O–H groups in total. The highest BCUT2D eigenvalue weighted by atomic mass is 35.5. The lowest BCUT2D eigenvalue weighted by Crippen LogP contribution is -2.22. The Kier molecular flexibility index (Phi) is 7.39. The number of aryl methyl sites for hydroxylation is 1. The van der Waals surface area contributed by atoms with E-state index in [9.17, 15) is 0 Å². The van der Waals surface area contributed by atoms with Crippen LogP contribution in [0.15, 0.2) is 12.1 Å². The summed E-state index contributed by atoms with van der Waals surface area (Å²) in [6, 6.07) is 4.09. The lowest BCUT2D eigenvalue weighted by atomic mass is 10.0. The van der Waals surface area contributed by atoms with Gasteiger partial charge in [0.05, 0.1) is 6.61 Å². The van der Waals surface area contributed by atoms with Crippen molar-refractivity contribution in [3.05, 3.63) is 28.3 Å². The van der Waals surface area contributed by atoms with Crippen LogP contribution in [0.3, 0.4) is 0 Å². The van der Waals surface area contributed by atoms with E-state index >= 15 is 0 Å². The lowest BCUT2D eigenvalue weighted by Gasteiger charge is -2.15. The third kappa shape index (κ3) is 5.72. The van der Waals surface area contributed by atoms with Gasteiger partial charge < -0.3 is 10.1 Å². The van der Waals surface area contributed by atoms with E-state index in [-0.39, 0.29) is 0 Å². The van der Waals surface area contributed by atoms with Crippen molar-refractivity contribution < 1.29 is 4.74 Å². The zero-order valence-electron chi connectivity index (χ0n) is 13.4. The molecule has 0 spiro atoms. The largest absolute Gasteiger partial charge is 0.493 e. The van der Waals surface area contributed by atoms with Crippen LogP contribution in [0.2, 0.25) is 5.02 Å². The fraction of sp³-hybridized carbons (Fsp3) is 0.647. The number of halogens is 1. The van der Waals surface area contributed by atoms with Gasteiger partial charge in [-0.2, -0.15) is 0 Å². The summed E-state index contributed by atoms with van der Waals surface area (Å²) in [5.74, 6) is 2.07. The van der Waals surface area contributed by atoms with Crippen molar-refractivity contribution >= 4 is 11.6 Å². The number of rotatable bonds is 8. The lowest BCUT2D eigenvalue weighted by molar-refractivity contribution is 0.304. The first kappa shape index (κ1) is 17.3. The van der Waals surface area contributed by atoms with Crippen molar-refractivity contribution in [3.8, 4) is 5.75 Å². The number of ether oxygens (including phenoxy) is 1. The van der Waals surface area contributed by atoms with Gasteiger partial charge in [0.25, 0.3) is 0 Å². The Balaban J connectivity index is 2.45. The van der Waals surface area contributed by atoms with E-state index < -0.39 is 0 Å². The van der Waals surface area contributed by atoms with Gasteiger partial charge in [0.15, 0.2) is 0 Å². The van der Waals surface area contributed by atoms with Gasteiger partial charge in [0, 0.05) is 5.02 Å². The van der Waals surface area contributed by atoms with E-state index in [1.54, 1.807) is 0 Å². The Hall–Kier alpha value is -0.730. The molecule has 0 aliphatic carbocycles. The minimum absolute atomic E-state index is 0.415. The van der Waals surface area contributed by atoms with Crippen LogP contribution in [0.1, 0.15) is 51.2 Å². The molecule has 0 aromatic heterocycles. The Morgan fingerprint density at radius 1 is 1.20 bits per heavy atom. The predicted octanol–water partition coefficient (Wildman–Crippen LogP) is 4.79. The molecule has 20 heavy (non-hydrogen) atoms. The second kappa shape index (κ2) is 8.53. The molecule has 0 fully saturated rings. The number of nitrogens with one attached hydrogen (secondary N) is 1. The number of hydrogen-bond donors (Lipinski definition) is 1. The zero-order valence-corrected chi connectivity index (χ0v) is 14.2. The van der Waals surface area contributed by atoms with Gasteiger partial charge in [-0.25, -0.2) is 0 Å². The van der Waals surface area contributed by atoms with Crippen LogP contribution in [0.5, 0.6) is 5.75 Å². The molecule has 114 valence electrons. The fourth-order valence-electron chi connectivity index (χ4n) is 2.04.